The quantitative estimate of drug-likeness (QED) is 0.446. The lowest BCUT2D eigenvalue weighted by Gasteiger charge is -2.53. The first kappa shape index (κ1) is 17.4. The molecule has 0 radical (unpaired) electrons. The number of rotatable bonds is 0. The van der Waals surface area contributed by atoms with Crippen LogP contribution in [0.4, 0.5) is 0 Å². The van der Waals surface area contributed by atoms with Gasteiger partial charge in [0, 0.05) is 18.3 Å². The summed E-state index contributed by atoms with van der Waals surface area (Å²) >= 11 is 0. The van der Waals surface area contributed by atoms with Crippen molar-refractivity contribution in [2.24, 2.45) is 29.6 Å². The highest BCUT2D eigenvalue weighted by Gasteiger charge is 2.76. The van der Waals surface area contributed by atoms with Crippen molar-refractivity contribution in [3.05, 3.63) is 11.6 Å². The first-order valence-corrected chi connectivity index (χ1v) is 10.0. The minimum atomic E-state index is -1.82. The Balaban J connectivity index is 1.55. The smallest absolute Gasteiger partial charge is 0.312 e. The molecule has 6 rings (SSSR count). The van der Waals surface area contributed by atoms with E-state index in [2.05, 4.69) is 0 Å². The zero-order valence-electron chi connectivity index (χ0n) is 16.0. The second kappa shape index (κ2) is 4.80. The van der Waals surface area contributed by atoms with Crippen molar-refractivity contribution >= 4 is 11.9 Å². The Morgan fingerprint density at radius 3 is 2.64 bits per heavy atom. The standard InChI is InChI=1S/C20H24O8/c1-7-5-19-14-12-11(6-18(14,3)23)25-17(22)13(12)10(27-19)4-9-8(2)16(21)26-15(9)20(7,24)28-19/h5,8-15,23-24H,4,6H2,1-3H3. The van der Waals surface area contributed by atoms with Crippen LogP contribution in [0, 0.1) is 29.6 Å². The molecule has 11 unspecified atom stereocenters. The van der Waals surface area contributed by atoms with Gasteiger partial charge in [0.2, 0.25) is 5.79 Å². The number of esters is 2. The summed E-state index contributed by atoms with van der Waals surface area (Å²) in [5.74, 6) is -6.09. The third kappa shape index (κ3) is 1.77. The first-order valence-electron chi connectivity index (χ1n) is 10.0. The van der Waals surface area contributed by atoms with Crippen LogP contribution in [0.15, 0.2) is 11.6 Å². The highest BCUT2D eigenvalue weighted by Crippen LogP contribution is 2.64. The molecule has 4 saturated heterocycles. The SMILES string of the molecule is CC1=CC23OC(CC4C(C)C(=O)OC4C1(O)O2)C1C(=O)OC2CC(C)(O)C3C21. The minimum absolute atomic E-state index is 0.266. The van der Waals surface area contributed by atoms with E-state index >= 15 is 0 Å². The zero-order valence-corrected chi connectivity index (χ0v) is 16.0. The predicted octanol–water partition coefficient (Wildman–Crippen LogP) is 0.257. The van der Waals surface area contributed by atoms with E-state index in [4.69, 9.17) is 18.9 Å². The molecule has 1 saturated carbocycles. The summed E-state index contributed by atoms with van der Waals surface area (Å²) in [5, 5.41) is 22.7. The number of aliphatic hydroxyl groups is 2. The van der Waals surface area contributed by atoms with Crippen molar-refractivity contribution < 1.29 is 38.7 Å². The molecule has 8 nitrogen and oxygen atoms in total. The second-order valence-corrected chi connectivity index (χ2v) is 9.67. The van der Waals surface area contributed by atoms with Crippen LogP contribution in [-0.2, 0) is 28.5 Å². The largest absolute Gasteiger partial charge is 0.462 e. The van der Waals surface area contributed by atoms with Crippen LogP contribution in [0.3, 0.4) is 0 Å². The van der Waals surface area contributed by atoms with Crippen LogP contribution >= 0.6 is 0 Å². The molecular formula is C20H24O8. The Morgan fingerprint density at radius 2 is 1.89 bits per heavy atom. The van der Waals surface area contributed by atoms with Gasteiger partial charge in [-0.1, -0.05) is 6.92 Å². The van der Waals surface area contributed by atoms with Crippen molar-refractivity contribution in [3.63, 3.8) is 0 Å². The maximum atomic E-state index is 12.7. The molecule has 0 aromatic rings. The monoisotopic (exact) mass is 392 g/mol. The summed E-state index contributed by atoms with van der Waals surface area (Å²) < 4.78 is 23.8. The molecule has 2 N–H and O–H groups in total. The van der Waals surface area contributed by atoms with Crippen LogP contribution in [0.1, 0.15) is 33.6 Å². The summed E-state index contributed by atoms with van der Waals surface area (Å²) in [6, 6.07) is 0. The molecule has 3 bridgehead atoms. The molecule has 6 aliphatic rings. The summed E-state index contributed by atoms with van der Waals surface area (Å²) in [6.07, 6.45) is 0.569. The molecule has 0 aromatic heterocycles. The van der Waals surface area contributed by atoms with Gasteiger partial charge in [-0.15, -0.1) is 0 Å². The van der Waals surface area contributed by atoms with Gasteiger partial charge in [0.25, 0.3) is 0 Å². The molecule has 152 valence electrons. The predicted molar refractivity (Wildman–Crippen MR) is 90.1 cm³/mol. The number of carbonyl (C=O) groups excluding carboxylic acids is 2. The van der Waals surface area contributed by atoms with Crippen LogP contribution in [0.5, 0.6) is 0 Å². The number of fused-ring (bicyclic) bond motifs is 5. The Kier molecular flexibility index (Phi) is 2.98. The number of hydrogen-bond acceptors (Lipinski definition) is 8. The van der Waals surface area contributed by atoms with Gasteiger partial charge in [-0.3, -0.25) is 9.59 Å². The molecule has 11 atom stereocenters. The normalized spacial score (nSPS) is 61.1. The van der Waals surface area contributed by atoms with Crippen molar-refractivity contribution in [2.45, 2.75) is 69.1 Å². The van der Waals surface area contributed by atoms with E-state index in [1.807, 2.05) is 0 Å². The van der Waals surface area contributed by atoms with Gasteiger partial charge in [-0.25, -0.2) is 0 Å². The molecule has 5 aliphatic heterocycles. The van der Waals surface area contributed by atoms with Gasteiger partial charge in [-0.2, -0.15) is 0 Å². The minimum Gasteiger partial charge on any atom is -0.462 e. The lowest BCUT2D eigenvalue weighted by Crippen LogP contribution is -2.64. The summed E-state index contributed by atoms with van der Waals surface area (Å²) in [4.78, 5) is 25.0. The molecule has 0 aromatic carbocycles. The molecule has 1 spiro atoms. The van der Waals surface area contributed by atoms with Gasteiger partial charge >= 0.3 is 11.9 Å². The van der Waals surface area contributed by atoms with Crippen molar-refractivity contribution in [1.82, 2.24) is 0 Å². The topological polar surface area (TPSA) is 112 Å². The van der Waals surface area contributed by atoms with Crippen LogP contribution < -0.4 is 0 Å². The average Bonchev–Trinajstić information content (AvgIpc) is 3.21. The number of carbonyl (C=O) groups is 2. The van der Waals surface area contributed by atoms with Gasteiger partial charge in [0.15, 0.2) is 11.9 Å². The highest BCUT2D eigenvalue weighted by atomic mass is 16.8. The van der Waals surface area contributed by atoms with E-state index in [0.717, 1.165) is 0 Å². The fourth-order valence-corrected chi connectivity index (χ4v) is 6.90. The molecule has 0 amide bonds. The summed E-state index contributed by atoms with van der Waals surface area (Å²) in [7, 11) is 0. The molecular weight excluding hydrogens is 368 g/mol. The van der Waals surface area contributed by atoms with E-state index in [-0.39, 0.29) is 17.8 Å². The average molecular weight is 392 g/mol. The van der Waals surface area contributed by atoms with Crippen LogP contribution in [0.25, 0.3) is 0 Å². The Morgan fingerprint density at radius 1 is 1.14 bits per heavy atom. The lowest BCUT2D eigenvalue weighted by molar-refractivity contribution is -0.390. The Bertz CT molecular complexity index is 834. The van der Waals surface area contributed by atoms with Crippen molar-refractivity contribution in [3.8, 4) is 0 Å². The fourth-order valence-electron chi connectivity index (χ4n) is 6.90. The van der Waals surface area contributed by atoms with E-state index < -0.39 is 59.2 Å². The summed E-state index contributed by atoms with van der Waals surface area (Å²) in [5.41, 5.74) is -0.701. The molecule has 5 heterocycles. The van der Waals surface area contributed by atoms with Gasteiger partial charge in [0.1, 0.15) is 6.10 Å². The fraction of sp³-hybridized carbons (Fsp3) is 0.800. The third-order valence-corrected chi connectivity index (χ3v) is 8.06. The van der Waals surface area contributed by atoms with E-state index in [0.29, 0.717) is 18.4 Å². The van der Waals surface area contributed by atoms with Gasteiger partial charge < -0.3 is 29.2 Å². The molecule has 8 heteroatoms. The van der Waals surface area contributed by atoms with Crippen molar-refractivity contribution in [2.75, 3.05) is 0 Å². The van der Waals surface area contributed by atoms with Gasteiger partial charge in [0.05, 0.1) is 29.5 Å². The maximum Gasteiger partial charge on any atom is 0.312 e. The van der Waals surface area contributed by atoms with Crippen LogP contribution in [0.2, 0.25) is 0 Å². The second-order valence-electron chi connectivity index (χ2n) is 9.67. The van der Waals surface area contributed by atoms with E-state index in [9.17, 15) is 19.8 Å². The van der Waals surface area contributed by atoms with E-state index in [1.54, 1.807) is 26.8 Å². The Hall–Kier alpha value is -1.48. The zero-order chi connectivity index (χ0) is 19.8. The molecule has 5 fully saturated rings. The highest BCUT2D eigenvalue weighted by molar-refractivity contribution is 5.77. The maximum absolute atomic E-state index is 12.7. The summed E-state index contributed by atoms with van der Waals surface area (Å²) in [6.45, 7) is 5.18. The van der Waals surface area contributed by atoms with Crippen LogP contribution in [-0.4, -0.2) is 57.6 Å². The molecule has 1 aliphatic carbocycles. The molecule has 28 heavy (non-hydrogen) atoms. The first-order chi connectivity index (χ1) is 13.1. The van der Waals surface area contributed by atoms with Gasteiger partial charge in [-0.05, 0) is 31.9 Å². The van der Waals surface area contributed by atoms with E-state index in [1.165, 1.54) is 0 Å². The lowest BCUT2D eigenvalue weighted by atomic mass is 9.68. The van der Waals surface area contributed by atoms with Crippen molar-refractivity contribution in [1.29, 1.82) is 0 Å². The Labute approximate surface area is 161 Å². The number of hydrogen-bond donors (Lipinski definition) is 2. The third-order valence-electron chi connectivity index (χ3n) is 8.06. The number of ether oxygens (including phenoxy) is 4.